The molecule has 4 nitrogen and oxygen atoms in total. The molecular formula is C6H14O4P+. The first-order chi connectivity index (χ1) is 4.64. The Morgan fingerprint density at radius 3 is 1.00 bits per heavy atom. The van der Waals surface area contributed by atoms with Gasteiger partial charge in [0.15, 0.2) is 0 Å². The summed E-state index contributed by atoms with van der Waals surface area (Å²) in [7, 11) is -0.389. The molecule has 0 radical (unpaired) electrons. The highest BCUT2D eigenvalue weighted by Gasteiger charge is 2.04. The van der Waals surface area contributed by atoms with E-state index in [0.29, 0.717) is 0 Å². The van der Waals surface area contributed by atoms with Crippen LogP contribution in [0.3, 0.4) is 0 Å². The molecular weight excluding hydrogens is 167 g/mol. The van der Waals surface area contributed by atoms with Gasteiger partial charge >= 0.3 is 11.9 Å². The van der Waals surface area contributed by atoms with Crippen molar-refractivity contribution in [3.05, 3.63) is 0 Å². The molecule has 0 amide bonds. The lowest BCUT2D eigenvalue weighted by atomic mass is 10.7. The molecule has 0 saturated heterocycles. The number of hydrogen-bond donors (Lipinski definition) is 2. The second-order valence-electron chi connectivity index (χ2n) is 3.29. The van der Waals surface area contributed by atoms with Gasteiger partial charge in [-0.1, -0.05) is 0 Å². The summed E-state index contributed by atoms with van der Waals surface area (Å²) < 4.78 is 0. The van der Waals surface area contributed by atoms with E-state index in [1.54, 1.807) is 0 Å². The predicted octanol–water partition coefficient (Wildman–Crippen LogP) is 0.679. The Morgan fingerprint density at radius 2 is 1.00 bits per heavy atom. The van der Waals surface area contributed by atoms with Crippen LogP contribution in [0.4, 0.5) is 0 Å². The lowest BCUT2D eigenvalue weighted by molar-refractivity contribution is -0.159. The second kappa shape index (κ2) is 5.08. The Kier molecular flexibility index (Phi) is 6.00. The summed E-state index contributed by atoms with van der Waals surface area (Å²) in [5, 5.41) is 14.8. The number of carbonyl (C=O) groups is 2. The highest BCUT2D eigenvalue weighted by molar-refractivity contribution is 7.72. The number of carboxylic acid groups (broad SMARTS) is 2. The lowest BCUT2D eigenvalue weighted by Crippen LogP contribution is -2.09. The van der Waals surface area contributed by atoms with Gasteiger partial charge in [0.25, 0.3) is 0 Å². The second-order valence-corrected chi connectivity index (χ2v) is 8.66. The van der Waals surface area contributed by atoms with Crippen molar-refractivity contribution in [3.8, 4) is 0 Å². The maximum absolute atomic E-state index is 9.10. The summed E-state index contributed by atoms with van der Waals surface area (Å²) in [5.41, 5.74) is 0. The quantitative estimate of drug-likeness (QED) is 0.425. The van der Waals surface area contributed by atoms with Crippen LogP contribution in [-0.4, -0.2) is 48.8 Å². The van der Waals surface area contributed by atoms with Crippen molar-refractivity contribution in [2.45, 2.75) is 0 Å². The molecule has 2 N–H and O–H groups in total. The molecule has 0 unspecified atom stereocenters. The summed E-state index contributed by atoms with van der Waals surface area (Å²) in [6, 6.07) is 0. The van der Waals surface area contributed by atoms with E-state index < -0.39 is 11.9 Å². The fourth-order valence-corrected chi connectivity index (χ4v) is 0. The molecule has 0 aromatic rings. The fraction of sp³-hybridized carbons (Fsp3) is 0.667. The van der Waals surface area contributed by atoms with Gasteiger partial charge in [-0.25, -0.2) is 9.59 Å². The zero-order chi connectivity index (χ0) is 9.65. The first-order valence-electron chi connectivity index (χ1n) is 2.89. The van der Waals surface area contributed by atoms with Crippen molar-refractivity contribution in [1.82, 2.24) is 0 Å². The molecule has 0 aromatic carbocycles. The normalized spacial score (nSPS) is 9.45. The Morgan fingerprint density at radius 1 is 0.909 bits per heavy atom. The largest absolute Gasteiger partial charge is 0.473 e. The first-order valence-corrected chi connectivity index (χ1v) is 6.47. The monoisotopic (exact) mass is 181 g/mol. The maximum atomic E-state index is 9.10. The highest BCUT2D eigenvalue weighted by atomic mass is 31.2. The zero-order valence-electron chi connectivity index (χ0n) is 7.16. The first kappa shape index (κ1) is 13.0. The van der Waals surface area contributed by atoms with Crippen LogP contribution in [0.15, 0.2) is 0 Å². The Hall–Kier alpha value is -0.630. The van der Waals surface area contributed by atoms with Crippen LogP contribution in [0, 0.1) is 0 Å². The van der Waals surface area contributed by atoms with E-state index in [0.717, 1.165) is 0 Å². The van der Waals surface area contributed by atoms with Gasteiger partial charge in [0.1, 0.15) is 0 Å². The molecule has 11 heavy (non-hydrogen) atoms. The third-order valence-corrected chi connectivity index (χ3v) is 0.183. The molecule has 0 aliphatic heterocycles. The molecule has 0 atom stereocenters. The molecule has 0 aromatic heterocycles. The van der Waals surface area contributed by atoms with Crippen LogP contribution in [-0.2, 0) is 9.59 Å². The minimum Gasteiger partial charge on any atom is -0.473 e. The molecule has 0 aliphatic carbocycles. The van der Waals surface area contributed by atoms with Crippen LogP contribution in [0.1, 0.15) is 0 Å². The lowest BCUT2D eigenvalue weighted by Gasteiger charge is -1.97. The molecule has 0 bridgehead atoms. The summed E-state index contributed by atoms with van der Waals surface area (Å²) in [4.78, 5) is 18.2. The topological polar surface area (TPSA) is 74.6 Å². The van der Waals surface area contributed by atoms with E-state index in [9.17, 15) is 0 Å². The van der Waals surface area contributed by atoms with Gasteiger partial charge in [-0.05, 0) is 0 Å². The van der Waals surface area contributed by atoms with Gasteiger partial charge in [-0.3, -0.25) is 0 Å². The van der Waals surface area contributed by atoms with Crippen molar-refractivity contribution in [2.75, 3.05) is 26.7 Å². The van der Waals surface area contributed by atoms with Gasteiger partial charge in [0.05, 0.1) is 0 Å². The predicted molar refractivity (Wildman–Crippen MR) is 45.9 cm³/mol. The van der Waals surface area contributed by atoms with E-state index in [1.165, 1.54) is 0 Å². The van der Waals surface area contributed by atoms with Gasteiger partial charge in [-0.2, -0.15) is 0 Å². The van der Waals surface area contributed by atoms with Crippen LogP contribution < -0.4 is 0 Å². The number of hydrogen-bond acceptors (Lipinski definition) is 2. The number of carboxylic acids is 2. The number of aliphatic carboxylic acids is 2. The van der Waals surface area contributed by atoms with E-state index in [-0.39, 0.29) is 7.26 Å². The SMILES string of the molecule is C[P+](C)(C)C.O=C(O)C(=O)O. The van der Waals surface area contributed by atoms with Crippen LogP contribution >= 0.6 is 7.26 Å². The molecule has 0 saturated carbocycles. The van der Waals surface area contributed by atoms with E-state index in [1.807, 2.05) is 0 Å². The van der Waals surface area contributed by atoms with Crippen molar-refractivity contribution in [2.24, 2.45) is 0 Å². The molecule has 5 heteroatoms. The van der Waals surface area contributed by atoms with Crippen molar-refractivity contribution < 1.29 is 19.8 Å². The van der Waals surface area contributed by atoms with Crippen molar-refractivity contribution >= 4 is 19.2 Å². The van der Waals surface area contributed by atoms with Crippen molar-refractivity contribution in [1.29, 1.82) is 0 Å². The van der Waals surface area contributed by atoms with Crippen LogP contribution in [0.5, 0.6) is 0 Å². The van der Waals surface area contributed by atoms with Crippen LogP contribution in [0.25, 0.3) is 0 Å². The zero-order valence-corrected chi connectivity index (χ0v) is 8.05. The maximum Gasteiger partial charge on any atom is 0.414 e. The Balaban J connectivity index is 0. The third-order valence-electron chi connectivity index (χ3n) is 0.183. The molecule has 0 heterocycles. The smallest absolute Gasteiger partial charge is 0.414 e. The van der Waals surface area contributed by atoms with E-state index in [2.05, 4.69) is 26.7 Å². The molecule has 0 rings (SSSR count). The minimum absolute atomic E-state index is 0.389. The summed E-state index contributed by atoms with van der Waals surface area (Å²) >= 11 is 0. The summed E-state index contributed by atoms with van der Waals surface area (Å²) in [6.07, 6.45) is 0. The van der Waals surface area contributed by atoms with Crippen LogP contribution in [0.2, 0.25) is 0 Å². The van der Waals surface area contributed by atoms with Gasteiger partial charge < -0.3 is 10.2 Å². The standard InChI is InChI=1S/C4H12P.C2H2O4/c1-5(2,3)4;3-1(4)2(5)6/h1-4H3;(H,3,4)(H,5,6)/q+1;. The minimum atomic E-state index is -1.82. The molecule has 0 aliphatic rings. The summed E-state index contributed by atoms with van der Waals surface area (Å²) in [6.45, 7) is 9.19. The summed E-state index contributed by atoms with van der Waals surface area (Å²) in [5.74, 6) is -3.65. The Bertz CT molecular complexity index is 129. The molecule has 0 fully saturated rings. The third kappa shape index (κ3) is 44.8. The van der Waals surface area contributed by atoms with Crippen molar-refractivity contribution in [3.63, 3.8) is 0 Å². The average molecular weight is 181 g/mol. The van der Waals surface area contributed by atoms with Gasteiger partial charge in [-0.15, -0.1) is 0 Å². The van der Waals surface area contributed by atoms with E-state index >= 15 is 0 Å². The average Bonchev–Trinajstić information content (AvgIpc) is 1.59. The molecule has 66 valence electrons. The van der Waals surface area contributed by atoms with Gasteiger partial charge in [0.2, 0.25) is 0 Å². The fourth-order valence-electron chi connectivity index (χ4n) is 0. The number of rotatable bonds is 0. The van der Waals surface area contributed by atoms with E-state index in [4.69, 9.17) is 19.8 Å². The Labute approximate surface area is 66.6 Å². The molecule has 0 spiro atoms. The van der Waals surface area contributed by atoms with Gasteiger partial charge in [0, 0.05) is 33.9 Å². The highest BCUT2D eigenvalue weighted by Crippen LogP contribution is 2.40.